The Morgan fingerprint density at radius 2 is 1.90 bits per heavy atom. The van der Waals surface area contributed by atoms with E-state index >= 15 is 0 Å². The van der Waals surface area contributed by atoms with E-state index in [2.05, 4.69) is 9.97 Å². The summed E-state index contributed by atoms with van der Waals surface area (Å²) in [7, 11) is 0. The van der Waals surface area contributed by atoms with Crippen LogP contribution >= 0.6 is 11.6 Å². The van der Waals surface area contributed by atoms with Gasteiger partial charge in [-0.2, -0.15) is 0 Å². The Morgan fingerprint density at radius 3 is 2.70 bits per heavy atom. The van der Waals surface area contributed by atoms with Crippen molar-refractivity contribution < 1.29 is 4.79 Å². The maximum absolute atomic E-state index is 11.6. The van der Waals surface area contributed by atoms with Gasteiger partial charge < -0.3 is 4.79 Å². The van der Waals surface area contributed by atoms with Crippen LogP contribution in [0.5, 0.6) is 0 Å². The molecule has 0 spiro atoms. The maximum atomic E-state index is 11.6. The van der Waals surface area contributed by atoms with Crippen molar-refractivity contribution in [2.24, 2.45) is 0 Å². The van der Waals surface area contributed by atoms with Crippen LogP contribution in [0.25, 0.3) is 10.9 Å². The van der Waals surface area contributed by atoms with E-state index in [0.717, 1.165) is 22.8 Å². The number of pyridine rings is 2. The first-order valence-corrected chi connectivity index (χ1v) is 6.59. The van der Waals surface area contributed by atoms with Crippen LogP contribution in [0.15, 0.2) is 54.7 Å². The number of halogens is 1. The predicted octanol–water partition coefficient (Wildman–Crippen LogP) is 3.61. The smallest absolute Gasteiger partial charge is 0.133 e. The molecular weight excluding hydrogens is 272 g/mol. The van der Waals surface area contributed by atoms with Gasteiger partial charge >= 0.3 is 0 Å². The largest absolute Gasteiger partial charge is 0.302 e. The lowest BCUT2D eigenvalue weighted by molar-refractivity contribution is -0.108. The second-order valence-corrected chi connectivity index (χ2v) is 4.80. The number of hydrogen-bond donors (Lipinski definition) is 0. The minimum absolute atomic E-state index is 0.382. The summed E-state index contributed by atoms with van der Waals surface area (Å²) >= 11 is 5.91. The van der Waals surface area contributed by atoms with Gasteiger partial charge in [0.25, 0.3) is 0 Å². The molecule has 0 bridgehead atoms. The zero-order chi connectivity index (χ0) is 13.9. The summed E-state index contributed by atoms with van der Waals surface area (Å²) in [6.07, 6.45) is 2.60. The topological polar surface area (TPSA) is 42.9 Å². The molecule has 0 aliphatic rings. The van der Waals surface area contributed by atoms with Crippen LogP contribution < -0.4 is 0 Å². The molecule has 0 fully saturated rings. The Balaban J connectivity index is 2.19. The molecule has 2 aromatic heterocycles. The molecule has 0 saturated heterocycles. The third-order valence-electron chi connectivity index (χ3n) is 3.21. The van der Waals surface area contributed by atoms with Gasteiger partial charge in [-0.3, -0.25) is 4.98 Å². The molecule has 1 unspecified atom stereocenters. The Labute approximate surface area is 121 Å². The molecule has 3 aromatic rings. The zero-order valence-electron chi connectivity index (χ0n) is 10.5. The van der Waals surface area contributed by atoms with Gasteiger partial charge in [-0.15, -0.1) is 0 Å². The number of rotatable bonds is 3. The lowest BCUT2D eigenvalue weighted by Gasteiger charge is -2.13. The first-order valence-electron chi connectivity index (χ1n) is 6.21. The number of para-hydroxylation sites is 1. The number of carbonyl (C=O) groups excluding carboxylic acids is 1. The fourth-order valence-corrected chi connectivity index (χ4v) is 2.46. The molecular formula is C16H11ClN2O. The number of aromatic nitrogens is 2. The van der Waals surface area contributed by atoms with E-state index in [1.165, 1.54) is 0 Å². The Bertz CT molecular complexity index is 768. The second-order valence-electron chi connectivity index (χ2n) is 4.42. The molecule has 1 aromatic carbocycles. The first kappa shape index (κ1) is 12.8. The summed E-state index contributed by atoms with van der Waals surface area (Å²) in [5, 5.41) is 1.33. The molecule has 3 nitrogen and oxygen atoms in total. The quantitative estimate of drug-likeness (QED) is 0.544. The lowest BCUT2D eigenvalue weighted by atomic mass is 9.94. The normalized spacial score (nSPS) is 12.2. The maximum Gasteiger partial charge on any atom is 0.133 e. The van der Waals surface area contributed by atoms with Gasteiger partial charge in [0.05, 0.1) is 17.1 Å². The average Bonchev–Trinajstić information content (AvgIpc) is 2.48. The fraction of sp³-hybridized carbons (Fsp3) is 0.0625. The van der Waals surface area contributed by atoms with Crippen molar-refractivity contribution in [3.8, 4) is 0 Å². The highest BCUT2D eigenvalue weighted by atomic mass is 35.5. The highest BCUT2D eigenvalue weighted by Crippen LogP contribution is 2.28. The van der Waals surface area contributed by atoms with Gasteiger partial charge in [0.2, 0.25) is 0 Å². The van der Waals surface area contributed by atoms with Crippen LogP contribution in [0.3, 0.4) is 0 Å². The molecule has 98 valence electrons. The minimum atomic E-state index is -0.443. The van der Waals surface area contributed by atoms with E-state index in [4.69, 9.17) is 11.6 Å². The summed E-state index contributed by atoms with van der Waals surface area (Å²) < 4.78 is 0. The van der Waals surface area contributed by atoms with E-state index in [1.54, 1.807) is 24.4 Å². The van der Waals surface area contributed by atoms with Crippen molar-refractivity contribution in [1.29, 1.82) is 0 Å². The minimum Gasteiger partial charge on any atom is -0.302 e. The van der Waals surface area contributed by atoms with Crippen molar-refractivity contribution in [3.63, 3.8) is 0 Å². The van der Waals surface area contributed by atoms with Gasteiger partial charge in [0.15, 0.2) is 0 Å². The van der Waals surface area contributed by atoms with Gasteiger partial charge in [0.1, 0.15) is 11.4 Å². The fourth-order valence-electron chi connectivity index (χ4n) is 2.29. The van der Waals surface area contributed by atoms with Crippen molar-refractivity contribution in [2.75, 3.05) is 0 Å². The molecule has 20 heavy (non-hydrogen) atoms. The predicted molar refractivity (Wildman–Crippen MR) is 78.9 cm³/mol. The van der Waals surface area contributed by atoms with Gasteiger partial charge in [0, 0.05) is 11.6 Å². The van der Waals surface area contributed by atoms with Crippen LogP contribution in [0.4, 0.5) is 0 Å². The zero-order valence-corrected chi connectivity index (χ0v) is 11.3. The van der Waals surface area contributed by atoms with Crippen LogP contribution in [-0.2, 0) is 4.79 Å². The average molecular weight is 283 g/mol. The summed E-state index contributed by atoms with van der Waals surface area (Å²) in [5.74, 6) is -0.443. The van der Waals surface area contributed by atoms with Crippen LogP contribution in [-0.4, -0.2) is 16.3 Å². The number of benzene rings is 1. The van der Waals surface area contributed by atoms with Gasteiger partial charge in [-0.1, -0.05) is 35.9 Å². The molecule has 4 heteroatoms. The first-order chi connectivity index (χ1) is 9.79. The number of carbonyl (C=O) groups is 1. The number of hydrogen-bond acceptors (Lipinski definition) is 3. The van der Waals surface area contributed by atoms with E-state index in [0.29, 0.717) is 10.8 Å². The highest BCUT2D eigenvalue weighted by Gasteiger charge is 2.17. The number of aldehydes is 1. The molecule has 0 N–H and O–H groups in total. The third kappa shape index (κ3) is 2.28. The van der Waals surface area contributed by atoms with Gasteiger partial charge in [-0.25, -0.2) is 4.98 Å². The van der Waals surface area contributed by atoms with Crippen LogP contribution in [0, 0.1) is 0 Å². The number of fused-ring (bicyclic) bond motifs is 1. The Hall–Kier alpha value is -2.26. The summed E-state index contributed by atoms with van der Waals surface area (Å²) in [4.78, 5) is 20.1. The second kappa shape index (κ2) is 5.39. The monoisotopic (exact) mass is 282 g/mol. The lowest BCUT2D eigenvalue weighted by Crippen LogP contribution is -2.06. The molecule has 0 aliphatic heterocycles. The van der Waals surface area contributed by atoms with E-state index in [9.17, 15) is 4.79 Å². The molecule has 1 atom stereocenters. The van der Waals surface area contributed by atoms with Crippen molar-refractivity contribution >= 4 is 28.8 Å². The van der Waals surface area contributed by atoms with E-state index in [1.807, 2.05) is 30.3 Å². The molecule has 0 saturated carbocycles. The van der Waals surface area contributed by atoms with Crippen molar-refractivity contribution in [1.82, 2.24) is 9.97 Å². The summed E-state index contributed by atoms with van der Waals surface area (Å²) in [6.45, 7) is 0. The molecule has 0 radical (unpaired) electrons. The molecule has 0 aliphatic carbocycles. The Morgan fingerprint density at radius 1 is 1.05 bits per heavy atom. The number of nitrogens with zero attached hydrogens (tertiary/aromatic N) is 2. The van der Waals surface area contributed by atoms with Crippen molar-refractivity contribution in [3.05, 3.63) is 71.1 Å². The third-order valence-corrected chi connectivity index (χ3v) is 3.42. The standard InChI is InChI=1S/C16H11ClN2O/c17-16-7-3-6-15(19-16)13(10-20)11-8-9-18-14-5-2-1-4-12(11)14/h1-10,13H. The van der Waals surface area contributed by atoms with Crippen LogP contribution in [0.2, 0.25) is 5.15 Å². The van der Waals surface area contributed by atoms with Crippen LogP contribution in [0.1, 0.15) is 17.2 Å². The van der Waals surface area contributed by atoms with E-state index in [-0.39, 0.29) is 0 Å². The molecule has 2 heterocycles. The van der Waals surface area contributed by atoms with E-state index < -0.39 is 5.92 Å². The molecule has 0 amide bonds. The summed E-state index contributed by atoms with van der Waals surface area (Å²) in [5.41, 5.74) is 2.39. The SMILES string of the molecule is O=CC(c1cccc(Cl)n1)c1ccnc2ccccc12. The Kier molecular flexibility index (Phi) is 3.44. The highest BCUT2D eigenvalue weighted by molar-refractivity contribution is 6.29. The summed E-state index contributed by atoms with van der Waals surface area (Å²) in [6, 6.07) is 14.9. The van der Waals surface area contributed by atoms with Gasteiger partial charge in [-0.05, 0) is 29.8 Å². The van der Waals surface area contributed by atoms with Crippen molar-refractivity contribution in [2.45, 2.75) is 5.92 Å². The molecule has 3 rings (SSSR count).